The smallest absolute Gasteiger partial charge is 0.338 e. The van der Waals surface area contributed by atoms with Crippen LogP contribution in [0.1, 0.15) is 36.9 Å². The Kier molecular flexibility index (Phi) is 6.52. The Bertz CT molecular complexity index is 967. The molecule has 2 aromatic carbocycles. The number of hydrogen-bond acceptors (Lipinski definition) is 5. The highest BCUT2D eigenvalue weighted by Crippen LogP contribution is 2.30. The van der Waals surface area contributed by atoms with Crippen molar-refractivity contribution in [1.82, 2.24) is 10.6 Å². The minimum absolute atomic E-state index is 0.0656. The Morgan fingerprint density at radius 3 is 2.77 bits per heavy atom. The van der Waals surface area contributed by atoms with Gasteiger partial charge in [0, 0.05) is 12.3 Å². The van der Waals surface area contributed by atoms with Gasteiger partial charge in [0.1, 0.15) is 19.0 Å². The average Bonchev–Trinajstić information content (AvgIpc) is 3.30. The van der Waals surface area contributed by atoms with Crippen LogP contribution in [0.3, 0.4) is 0 Å². The molecule has 2 aromatic rings. The molecule has 7 nitrogen and oxygen atoms in total. The second-order valence-electron chi connectivity index (χ2n) is 7.65. The first-order valence-corrected chi connectivity index (χ1v) is 10.4. The molecule has 0 spiro atoms. The van der Waals surface area contributed by atoms with E-state index in [1.54, 1.807) is 6.92 Å². The van der Waals surface area contributed by atoms with Crippen molar-refractivity contribution in [3.05, 3.63) is 77.0 Å². The van der Waals surface area contributed by atoms with E-state index in [0.717, 1.165) is 24.0 Å². The molecular weight excluding hydrogens is 396 g/mol. The van der Waals surface area contributed by atoms with Gasteiger partial charge in [-0.3, -0.25) is 0 Å². The van der Waals surface area contributed by atoms with Crippen LogP contribution in [-0.2, 0) is 20.9 Å². The summed E-state index contributed by atoms with van der Waals surface area (Å²) in [7, 11) is 0. The molecule has 0 radical (unpaired) electrons. The minimum atomic E-state index is -0.633. The molecule has 2 aliphatic rings. The lowest BCUT2D eigenvalue weighted by Crippen LogP contribution is -2.45. The molecule has 2 atom stereocenters. The fourth-order valence-electron chi connectivity index (χ4n) is 3.76. The molecule has 1 saturated heterocycles. The summed E-state index contributed by atoms with van der Waals surface area (Å²) in [4.78, 5) is 25.0. The molecule has 2 amide bonds. The van der Waals surface area contributed by atoms with Crippen molar-refractivity contribution in [2.24, 2.45) is 0 Å². The second-order valence-corrected chi connectivity index (χ2v) is 7.65. The lowest BCUT2D eigenvalue weighted by atomic mass is 9.95. The number of benzene rings is 2. The highest BCUT2D eigenvalue weighted by atomic mass is 16.6. The summed E-state index contributed by atoms with van der Waals surface area (Å²) in [5.74, 6) is 0.181. The third-order valence-electron chi connectivity index (χ3n) is 5.35. The van der Waals surface area contributed by atoms with Gasteiger partial charge in [-0.15, -0.1) is 0 Å². The van der Waals surface area contributed by atoms with Gasteiger partial charge in [0.25, 0.3) is 0 Å². The van der Waals surface area contributed by atoms with E-state index in [9.17, 15) is 9.59 Å². The van der Waals surface area contributed by atoms with Crippen LogP contribution in [0.25, 0.3) is 0 Å². The molecule has 2 heterocycles. The van der Waals surface area contributed by atoms with Gasteiger partial charge in [-0.05, 0) is 43.0 Å². The standard InChI is InChI=1S/C24H26N2O5/c1-16-21(23(27)31-15-20-11-6-12-29-20)22(26-24(28)25-16)18-9-5-10-19(13-18)30-14-17-7-3-2-4-8-17/h2-5,7-10,13,20,22H,6,11-12,14-15H2,1H3,(H2,25,26,28)/t20-,22-/m1/s1. The van der Waals surface area contributed by atoms with Gasteiger partial charge in [-0.1, -0.05) is 42.5 Å². The van der Waals surface area contributed by atoms with Crippen LogP contribution in [-0.4, -0.2) is 31.3 Å². The molecule has 7 heteroatoms. The number of urea groups is 1. The van der Waals surface area contributed by atoms with Crippen LogP contribution in [0, 0.1) is 0 Å². The summed E-state index contributed by atoms with van der Waals surface area (Å²) in [5, 5.41) is 5.49. The number of carbonyl (C=O) groups is 2. The fourth-order valence-corrected chi connectivity index (χ4v) is 3.76. The second kappa shape index (κ2) is 9.66. The SMILES string of the molecule is CC1=C(C(=O)OC[C@H]2CCCO2)[C@@H](c2cccc(OCc3ccccc3)c2)NC(=O)N1. The predicted octanol–water partition coefficient (Wildman–Crippen LogP) is 3.62. The number of ether oxygens (including phenoxy) is 3. The van der Waals surface area contributed by atoms with Crippen LogP contribution in [0.2, 0.25) is 0 Å². The highest BCUT2D eigenvalue weighted by molar-refractivity contribution is 5.95. The highest BCUT2D eigenvalue weighted by Gasteiger charge is 2.33. The van der Waals surface area contributed by atoms with Gasteiger partial charge in [-0.2, -0.15) is 0 Å². The summed E-state index contributed by atoms with van der Waals surface area (Å²) >= 11 is 0. The number of hydrogen-bond donors (Lipinski definition) is 2. The van der Waals surface area contributed by atoms with Crippen molar-refractivity contribution in [1.29, 1.82) is 0 Å². The Hall–Kier alpha value is -3.32. The average molecular weight is 422 g/mol. The molecule has 0 aliphatic carbocycles. The quantitative estimate of drug-likeness (QED) is 0.666. The normalized spacial score (nSPS) is 20.7. The van der Waals surface area contributed by atoms with Crippen LogP contribution in [0.15, 0.2) is 65.9 Å². The molecule has 1 fully saturated rings. The number of amides is 2. The maximum absolute atomic E-state index is 12.9. The third kappa shape index (κ3) is 5.24. The third-order valence-corrected chi connectivity index (χ3v) is 5.35. The van der Waals surface area contributed by atoms with E-state index < -0.39 is 12.0 Å². The Morgan fingerprint density at radius 2 is 2.00 bits per heavy atom. The van der Waals surface area contributed by atoms with Crippen LogP contribution < -0.4 is 15.4 Å². The van der Waals surface area contributed by atoms with Crippen LogP contribution in [0.5, 0.6) is 5.75 Å². The topological polar surface area (TPSA) is 85.9 Å². The van der Waals surface area contributed by atoms with Crippen molar-refractivity contribution >= 4 is 12.0 Å². The minimum Gasteiger partial charge on any atom is -0.489 e. The van der Waals surface area contributed by atoms with Gasteiger partial charge < -0.3 is 24.8 Å². The largest absolute Gasteiger partial charge is 0.489 e. The molecule has 162 valence electrons. The first-order chi connectivity index (χ1) is 15.1. The molecule has 0 aromatic heterocycles. The lowest BCUT2D eigenvalue weighted by Gasteiger charge is -2.28. The monoisotopic (exact) mass is 422 g/mol. The zero-order chi connectivity index (χ0) is 21.6. The van der Waals surface area contributed by atoms with Gasteiger partial charge in [0.15, 0.2) is 0 Å². The molecule has 0 saturated carbocycles. The van der Waals surface area contributed by atoms with Crippen molar-refractivity contribution in [2.75, 3.05) is 13.2 Å². The van der Waals surface area contributed by atoms with E-state index in [-0.39, 0.29) is 18.7 Å². The number of nitrogens with one attached hydrogen (secondary N) is 2. The zero-order valence-electron chi connectivity index (χ0n) is 17.4. The van der Waals surface area contributed by atoms with Crippen molar-refractivity contribution < 1.29 is 23.8 Å². The number of allylic oxidation sites excluding steroid dienone is 1. The van der Waals surface area contributed by atoms with Crippen molar-refractivity contribution in [3.63, 3.8) is 0 Å². The molecular formula is C24H26N2O5. The molecule has 0 bridgehead atoms. The van der Waals surface area contributed by atoms with Crippen LogP contribution in [0.4, 0.5) is 4.79 Å². The van der Waals surface area contributed by atoms with Gasteiger partial charge in [-0.25, -0.2) is 9.59 Å². The Balaban J connectivity index is 1.50. The molecule has 0 unspecified atom stereocenters. The fraction of sp³-hybridized carbons (Fsp3) is 0.333. The van der Waals surface area contributed by atoms with Gasteiger partial charge in [0.2, 0.25) is 0 Å². The summed E-state index contributed by atoms with van der Waals surface area (Å²) < 4.78 is 17.0. The predicted molar refractivity (Wildman–Crippen MR) is 114 cm³/mol. The first kappa shape index (κ1) is 20.9. The Labute approximate surface area is 181 Å². The molecule has 2 N–H and O–H groups in total. The summed E-state index contributed by atoms with van der Waals surface area (Å²) in [6.45, 7) is 3.02. The zero-order valence-corrected chi connectivity index (χ0v) is 17.4. The van der Waals surface area contributed by atoms with E-state index >= 15 is 0 Å². The lowest BCUT2D eigenvalue weighted by molar-refractivity contribution is -0.142. The first-order valence-electron chi connectivity index (χ1n) is 10.4. The van der Waals surface area contributed by atoms with Crippen molar-refractivity contribution in [3.8, 4) is 5.75 Å². The van der Waals surface area contributed by atoms with E-state index in [0.29, 0.717) is 30.2 Å². The molecule has 4 rings (SSSR count). The van der Waals surface area contributed by atoms with E-state index in [1.807, 2.05) is 54.6 Å². The summed E-state index contributed by atoms with van der Waals surface area (Å²) in [5.41, 5.74) is 2.64. The maximum Gasteiger partial charge on any atom is 0.338 e. The van der Waals surface area contributed by atoms with Gasteiger partial charge >= 0.3 is 12.0 Å². The number of carbonyl (C=O) groups excluding carboxylic acids is 2. The van der Waals surface area contributed by atoms with Crippen molar-refractivity contribution in [2.45, 2.75) is 38.5 Å². The van der Waals surface area contributed by atoms with E-state index in [2.05, 4.69) is 10.6 Å². The Morgan fingerprint density at radius 1 is 1.16 bits per heavy atom. The maximum atomic E-state index is 12.9. The molecule has 31 heavy (non-hydrogen) atoms. The van der Waals surface area contributed by atoms with E-state index in [1.165, 1.54) is 0 Å². The summed E-state index contributed by atoms with van der Waals surface area (Å²) in [6, 6.07) is 16.2. The van der Waals surface area contributed by atoms with E-state index in [4.69, 9.17) is 14.2 Å². The number of rotatable bonds is 7. The van der Waals surface area contributed by atoms with Gasteiger partial charge in [0.05, 0.1) is 17.7 Å². The summed E-state index contributed by atoms with van der Waals surface area (Å²) in [6.07, 6.45) is 1.79. The van der Waals surface area contributed by atoms with Crippen LogP contribution >= 0.6 is 0 Å². The molecule has 2 aliphatic heterocycles. The number of esters is 1.